The third-order valence-corrected chi connectivity index (χ3v) is 5.22. The third-order valence-electron chi connectivity index (χ3n) is 3.95. The summed E-state index contributed by atoms with van der Waals surface area (Å²) in [5.41, 5.74) is -0.139. The van der Waals surface area contributed by atoms with Crippen LogP contribution in [0.15, 0.2) is 35.7 Å². The molecule has 1 N–H and O–H groups in total. The summed E-state index contributed by atoms with van der Waals surface area (Å²) in [4.78, 5) is 3.19. The van der Waals surface area contributed by atoms with Crippen LogP contribution >= 0.6 is 22.9 Å². The van der Waals surface area contributed by atoms with Gasteiger partial charge in [0.15, 0.2) is 0 Å². The molecule has 1 atom stereocenters. The molecule has 124 valence electrons. The first kappa shape index (κ1) is 16.8. The molecule has 2 nitrogen and oxygen atoms in total. The lowest BCUT2D eigenvalue weighted by atomic mass is 10.00. The quantitative estimate of drug-likeness (QED) is 0.872. The molecule has 1 saturated heterocycles. The average Bonchev–Trinajstić information content (AvgIpc) is 3.03. The summed E-state index contributed by atoms with van der Waals surface area (Å²) in [5, 5.41) is 5.57. The van der Waals surface area contributed by atoms with Crippen LogP contribution in [0.5, 0.6) is 0 Å². The zero-order chi connectivity index (χ0) is 16.4. The topological polar surface area (TPSA) is 15.3 Å². The minimum absolute atomic E-state index is 0.244. The first-order valence-electron chi connectivity index (χ1n) is 7.31. The van der Waals surface area contributed by atoms with Gasteiger partial charge in [-0.3, -0.25) is 4.90 Å². The zero-order valence-electron chi connectivity index (χ0n) is 12.2. The van der Waals surface area contributed by atoms with Crippen LogP contribution in [-0.2, 0) is 6.18 Å². The summed E-state index contributed by atoms with van der Waals surface area (Å²) >= 11 is 7.81. The Labute approximate surface area is 141 Å². The molecule has 2 heterocycles. The van der Waals surface area contributed by atoms with Crippen molar-refractivity contribution in [1.29, 1.82) is 0 Å². The van der Waals surface area contributed by atoms with Crippen LogP contribution < -0.4 is 5.32 Å². The molecule has 7 heteroatoms. The van der Waals surface area contributed by atoms with E-state index in [4.69, 9.17) is 11.6 Å². The van der Waals surface area contributed by atoms with Crippen molar-refractivity contribution in [3.8, 4) is 0 Å². The molecular weight excluding hydrogens is 345 g/mol. The maximum Gasteiger partial charge on any atom is 0.416 e. The maximum atomic E-state index is 13.1. The summed E-state index contributed by atoms with van der Waals surface area (Å²) in [6.07, 6.45) is -4.37. The van der Waals surface area contributed by atoms with Gasteiger partial charge in [-0.2, -0.15) is 13.2 Å². The number of benzene rings is 1. The summed E-state index contributed by atoms with van der Waals surface area (Å²) in [6.45, 7) is 3.18. The Morgan fingerprint density at radius 3 is 2.52 bits per heavy atom. The van der Waals surface area contributed by atoms with E-state index in [1.54, 1.807) is 0 Å². The fourth-order valence-electron chi connectivity index (χ4n) is 2.85. The summed E-state index contributed by atoms with van der Waals surface area (Å²) in [5.74, 6) is 0. The van der Waals surface area contributed by atoms with Crippen LogP contribution in [-0.4, -0.2) is 31.1 Å². The van der Waals surface area contributed by atoms with E-state index in [9.17, 15) is 13.2 Å². The van der Waals surface area contributed by atoms with Gasteiger partial charge >= 0.3 is 6.18 Å². The number of halogens is 4. The van der Waals surface area contributed by atoms with Crippen LogP contribution in [0, 0.1) is 0 Å². The molecule has 0 bridgehead atoms. The van der Waals surface area contributed by atoms with Gasteiger partial charge in [0.25, 0.3) is 0 Å². The number of nitrogens with zero attached hydrogens (tertiary/aromatic N) is 1. The maximum absolute atomic E-state index is 13.1. The van der Waals surface area contributed by atoms with Crippen molar-refractivity contribution in [1.82, 2.24) is 10.2 Å². The third kappa shape index (κ3) is 3.71. The Morgan fingerprint density at radius 2 is 1.91 bits per heavy atom. The lowest BCUT2D eigenvalue weighted by Crippen LogP contribution is -2.45. The molecule has 0 radical (unpaired) electrons. The number of piperazine rings is 1. The van der Waals surface area contributed by atoms with Crippen LogP contribution in [0.1, 0.15) is 22.0 Å². The Morgan fingerprint density at radius 1 is 1.17 bits per heavy atom. The molecule has 0 unspecified atom stereocenters. The average molecular weight is 361 g/mol. The minimum atomic E-state index is -4.37. The molecule has 1 aromatic heterocycles. The standard InChI is InChI=1S/C16H16ClF3N2S/c17-13-4-3-11(16(18,19)20)10-12(13)15(14-2-1-9-23-14)22-7-5-21-6-8-22/h1-4,9-10,15,21H,5-8H2/t15-/m0/s1. The van der Waals surface area contributed by atoms with Crippen molar-refractivity contribution in [2.75, 3.05) is 26.2 Å². The van der Waals surface area contributed by atoms with Crippen LogP contribution in [0.25, 0.3) is 0 Å². The summed E-state index contributed by atoms with van der Waals surface area (Å²) < 4.78 is 39.3. The second-order valence-corrected chi connectivity index (χ2v) is 6.82. The number of hydrogen-bond acceptors (Lipinski definition) is 3. The Balaban J connectivity index is 2.06. The second kappa shape index (κ2) is 6.81. The second-order valence-electron chi connectivity index (χ2n) is 5.44. The minimum Gasteiger partial charge on any atom is -0.314 e. The largest absolute Gasteiger partial charge is 0.416 e. The molecule has 2 aromatic rings. The molecule has 0 amide bonds. The van der Waals surface area contributed by atoms with Crippen molar-refractivity contribution in [3.63, 3.8) is 0 Å². The van der Waals surface area contributed by atoms with E-state index in [1.807, 2.05) is 17.5 Å². The number of alkyl halides is 3. The van der Waals surface area contributed by atoms with Gasteiger partial charge in [-0.05, 0) is 35.2 Å². The van der Waals surface area contributed by atoms with E-state index < -0.39 is 11.7 Å². The Kier molecular flexibility index (Phi) is 4.96. The normalized spacial score (nSPS) is 18.1. The van der Waals surface area contributed by atoms with Gasteiger partial charge in [0.2, 0.25) is 0 Å². The number of thiophene rings is 1. The smallest absolute Gasteiger partial charge is 0.314 e. The molecule has 1 aliphatic heterocycles. The highest BCUT2D eigenvalue weighted by molar-refractivity contribution is 7.10. The zero-order valence-corrected chi connectivity index (χ0v) is 13.8. The molecule has 0 saturated carbocycles. The van der Waals surface area contributed by atoms with Gasteiger partial charge in [0.05, 0.1) is 11.6 Å². The number of rotatable bonds is 3. The fraction of sp³-hybridized carbons (Fsp3) is 0.375. The van der Waals surface area contributed by atoms with Crippen molar-refractivity contribution in [3.05, 3.63) is 56.7 Å². The molecule has 1 aliphatic rings. The molecule has 23 heavy (non-hydrogen) atoms. The Bertz CT molecular complexity index is 652. The predicted octanol–water partition coefficient (Wildman–Crippen LogP) is 4.41. The van der Waals surface area contributed by atoms with Crippen molar-refractivity contribution in [2.45, 2.75) is 12.2 Å². The van der Waals surface area contributed by atoms with E-state index >= 15 is 0 Å². The summed E-state index contributed by atoms with van der Waals surface area (Å²) in [7, 11) is 0. The highest BCUT2D eigenvalue weighted by atomic mass is 35.5. The van der Waals surface area contributed by atoms with Gasteiger partial charge in [-0.15, -0.1) is 11.3 Å². The van der Waals surface area contributed by atoms with Crippen LogP contribution in [0.2, 0.25) is 5.02 Å². The highest BCUT2D eigenvalue weighted by Gasteiger charge is 2.33. The number of hydrogen-bond donors (Lipinski definition) is 1. The van der Waals surface area contributed by atoms with E-state index in [-0.39, 0.29) is 6.04 Å². The van der Waals surface area contributed by atoms with Gasteiger partial charge in [0.1, 0.15) is 0 Å². The van der Waals surface area contributed by atoms with Crippen LogP contribution in [0.3, 0.4) is 0 Å². The number of nitrogens with one attached hydrogen (secondary N) is 1. The monoisotopic (exact) mass is 360 g/mol. The molecular formula is C16H16ClF3N2S. The fourth-order valence-corrected chi connectivity index (χ4v) is 3.94. The van der Waals surface area contributed by atoms with Gasteiger partial charge in [-0.1, -0.05) is 17.7 Å². The Hall–Kier alpha value is -1.08. The van der Waals surface area contributed by atoms with Crippen molar-refractivity contribution >= 4 is 22.9 Å². The highest BCUT2D eigenvalue weighted by Crippen LogP contribution is 2.39. The predicted molar refractivity (Wildman–Crippen MR) is 87.1 cm³/mol. The van der Waals surface area contributed by atoms with E-state index in [1.165, 1.54) is 23.5 Å². The van der Waals surface area contributed by atoms with Gasteiger partial charge < -0.3 is 5.32 Å². The van der Waals surface area contributed by atoms with Crippen molar-refractivity contribution in [2.24, 2.45) is 0 Å². The van der Waals surface area contributed by atoms with Crippen LogP contribution in [0.4, 0.5) is 13.2 Å². The molecule has 1 fully saturated rings. The van der Waals surface area contributed by atoms with Gasteiger partial charge in [-0.25, -0.2) is 0 Å². The van der Waals surface area contributed by atoms with E-state index in [0.717, 1.165) is 37.1 Å². The molecule has 3 rings (SSSR count). The summed E-state index contributed by atoms with van der Waals surface area (Å²) in [6, 6.07) is 7.20. The van der Waals surface area contributed by atoms with Crippen molar-refractivity contribution < 1.29 is 13.2 Å². The first-order chi connectivity index (χ1) is 11.0. The van der Waals surface area contributed by atoms with E-state index in [2.05, 4.69) is 10.2 Å². The lowest BCUT2D eigenvalue weighted by molar-refractivity contribution is -0.137. The molecule has 1 aromatic carbocycles. The van der Waals surface area contributed by atoms with Gasteiger partial charge in [0, 0.05) is 36.1 Å². The molecule has 0 spiro atoms. The molecule has 0 aliphatic carbocycles. The lowest BCUT2D eigenvalue weighted by Gasteiger charge is -2.35. The first-order valence-corrected chi connectivity index (χ1v) is 8.57. The SMILES string of the molecule is FC(F)(F)c1ccc(Cl)c([C@@H](c2cccs2)N2CCNCC2)c1. The van der Waals surface area contributed by atoms with E-state index in [0.29, 0.717) is 10.6 Å².